The zero-order valence-corrected chi connectivity index (χ0v) is 17.8. The minimum atomic E-state index is -0.974. The second kappa shape index (κ2) is 9.70. The Balaban J connectivity index is 1.52. The number of carboxylic acid groups (broad SMARTS) is 1. The van der Waals surface area contributed by atoms with Gasteiger partial charge in [0, 0.05) is 10.6 Å². The quantitative estimate of drug-likeness (QED) is 0.447. The summed E-state index contributed by atoms with van der Waals surface area (Å²) in [6, 6.07) is 18.4. The van der Waals surface area contributed by atoms with Crippen LogP contribution in [0.25, 0.3) is 10.8 Å². The molecule has 0 aliphatic carbocycles. The standard InChI is InChI=1S/C24H26O4S/c1-16-12-19-6-4-5-7-20(19)14-23(16)28-18(3)10-11-29-21-8-9-22(17(2)13-21)27-15-24(25)26/h4-9,12-14,18H,10-11,15H2,1-3H3,(H,25,26). The predicted molar refractivity (Wildman–Crippen MR) is 118 cm³/mol. The van der Waals surface area contributed by atoms with Crippen LogP contribution in [0.4, 0.5) is 0 Å². The number of hydrogen-bond donors (Lipinski definition) is 1. The highest BCUT2D eigenvalue weighted by atomic mass is 32.2. The molecule has 0 bridgehead atoms. The Bertz CT molecular complexity index is 999. The molecule has 0 aliphatic rings. The Morgan fingerprint density at radius 3 is 2.38 bits per heavy atom. The molecule has 5 heteroatoms. The van der Waals surface area contributed by atoms with Crippen LogP contribution in [0.1, 0.15) is 24.5 Å². The lowest BCUT2D eigenvalue weighted by atomic mass is 10.1. The smallest absolute Gasteiger partial charge is 0.341 e. The second-order valence-electron chi connectivity index (χ2n) is 7.14. The number of benzene rings is 3. The molecule has 0 heterocycles. The van der Waals surface area contributed by atoms with Crippen LogP contribution >= 0.6 is 11.8 Å². The van der Waals surface area contributed by atoms with E-state index >= 15 is 0 Å². The zero-order valence-electron chi connectivity index (χ0n) is 17.0. The minimum Gasteiger partial charge on any atom is -0.490 e. The van der Waals surface area contributed by atoms with E-state index in [1.165, 1.54) is 10.8 Å². The van der Waals surface area contributed by atoms with Crippen molar-refractivity contribution in [1.82, 2.24) is 0 Å². The molecule has 0 saturated carbocycles. The van der Waals surface area contributed by atoms with E-state index in [1.807, 2.05) is 31.2 Å². The molecule has 1 N–H and O–H groups in total. The van der Waals surface area contributed by atoms with Crippen LogP contribution < -0.4 is 9.47 Å². The van der Waals surface area contributed by atoms with Gasteiger partial charge in [0.2, 0.25) is 0 Å². The van der Waals surface area contributed by atoms with Gasteiger partial charge in [-0.3, -0.25) is 0 Å². The first-order chi connectivity index (χ1) is 13.9. The van der Waals surface area contributed by atoms with Crippen LogP contribution in [0.2, 0.25) is 0 Å². The molecule has 0 aliphatic heterocycles. The van der Waals surface area contributed by atoms with Crippen molar-refractivity contribution < 1.29 is 19.4 Å². The molecule has 1 unspecified atom stereocenters. The first kappa shape index (κ1) is 21.1. The Morgan fingerprint density at radius 2 is 1.69 bits per heavy atom. The fraction of sp³-hybridized carbons (Fsp3) is 0.292. The van der Waals surface area contributed by atoms with Gasteiger partial charge in [-0.1, -0.05) is 24.3 Å². The van der Waals surface area contributed by atoms with E-state index in [4.69, 9.17) is 14.6 Å². The molecular formula is C24H26O4S. The average Bonchev–Trinajstić information content (AvgIpc) is 2.68. The summed E-state index contributed by atoms with van der Waals surface area (Å²) in [7, 11) is 0. The molecule has 0 aromatic heterocycles. The van der Waals surface area contributed by atoms with Gasteiger partial charge in [0.25, 0.3) is 0 Å². The van der Waals surface area contributed by atoms with Crippen LogP contribution in [0.3, 0.4) is 0 Å². The normalized spacial score (nSPS) is 12.0. The van der Waals surface area contributed by atoms with Crippen molar-refractivity contribution in [2.45, 2.75) is 38.2 Å². The SMILES string of the molecule is Cc1cc(SCCC(C)Oc2cc3ccccc3cc2C)ccc1OCC(=O)O. The molecule has 3 aromatic carbocycles. The van der Waals surface area contributed by atoms with Crippen molar-refractivity contribution >= 4 is 28.5 Å². The third-order valence-corrected chi connectivity index (χ3v) is 5.69. The molecule has 1 atom stereocenters. The Hall–Kier alpha value is -2.66. The lowest BCUT2D eigenvalue weighted by molar-refractivity contribution is -0.139. The van der Waals surface area contributed by atoms with E-state index in [-0.39, 0.29) is 12.7 Å². The molecule has 3 rings (SSSR count). The molecule has 0 amide bonds. The molecule has 4 nitrogen and oxygen atoms in total. The van der Waals surface area contributed by atoms with E-state index in [1.54, 1.807) is 11.8 Å². The van der Waals surface area contributed by atoms with Crippen molar-refractivity contribution in [3.05, 3.63) is 65.7 Å². The summed E-state index contributed by atoms with van der Waals surface area (Å²) < 4.78 is 11.5. The maximum absolute atomic E-state index is 10.6. The number of hydrogen-bond acceptors (Lipinski definition) is 4. The van der Waals surface area contributed by atoms with E-state index in [9.17, 15) is 4.79 Å². The third kappa shape index (κ3) is 5.91. The number of thioether (sulfide) groups is 1. The van der Waals surface area contributed by atoms with Gasteiger partial charge in [0.15, 0.2) is 6.61 Å². The number of aryl methyl sites for hydroxylation is 2. The second-order valence-corrected chi connectivity index (χ2v) is 8.31. The van der Waals surface area contributed by atoms with Gasteiger partial charge in [-0.05, 0) is 79.4 Å². The monoisotopic (exact) mass is 410 g/mol. The highest BCUT2D eigenvalue weighted by Crippen LogP contribution is 2.29. The predicted octanol–water partition coefficient (Wildman–Crippen LogP) is 5.87. The number of aliphatic carboxylic acids is 1. The van der Waals surface area contributed by atoms with Crippen molar-refractivity contribution in [2.24, 2.45) is 0 Å². The molecule has 29 heavy (non-hydrogen) atoms. The van der Waals surface area contributed by atoms with Gasteiger partial charge < -0.3 is 14.6 Å². The summed E-state index contributed by atoms with van der Waals surface area (Å²) in [4.78, 5) is 11.8. The first-order valence-corrected chi connectivity index (χ1v) is 10.6. The average molecular weight is 411 g/mol. The summed E-state index contributed by atoms with van der Waals surface area (Å²) in [5, 5.41) is 11.1. The lowest BCUT2D eigenvalue weighted by Gasteiger charge is -2.17. The molecule has 0 spiro atoms. The van der Waals surface area contributed by atoms with E-state index in [0.29, 0.717) is 5.75 Å². The number of carboxylic acids is 1. The van der Waals surface area contributed by atoms with Gasteiger partial charge in [-0.25, -0.2) is 4.79 Å². The van der Waals surface area contributed by atoms with Crippen molar-refractivity contribution in [3.8, 4) is 11.5 Å². The summed E-state index contributed by atoms with van der Waals surface area (Å²) in [6.45, 7) is 5.79. The number of carbonyl (C=O) groups is 1. The van der Waals surface area contributed by atoms with Gasteiger partial charge in [0.05, 0.1) is 6.10 Å². The lowest BCUT2D eigenvalue weighted by Crippen LogP contribution is -2.13. The van der Waals surface area contributed by atoms with Crippen molar-refractivity contribution in [2.75, 3.05) is 12.4 Å². The topological polar surface area (TPSA) is 55.8 Å². The molecule has 152 valence electrons. The summed E-state index contributed by atoms with van der Waals surface area (Å²) in [5.41, 5.74) is 2.09. The maximum Gasteiger partial charge on any atom is 0.341 e. The minimum absolute atomic E-state index is 0.113. The fourth-order valence-electron chi connectivity index (χ4n) is 3.09. The highest BCUT2D eigenvalue weighted by Gasteiger charge is 2.09. The maximum atomic E-state index is 10.6. The largest absolute Gasteiger partial charge is 0.490 e. The molecule has 0 radical (unpaired) electrons. The zero-order chi connectivity index (χ0) is 20.8. The molecular weight excluding hydrogens is 384 g/mol. The van der Waals surface area contributed by atoms with Crippen LogP contribution in [0, 0.1) is 13.8 Å². The molecule has 3 aromatic rings. The number of ether oxygens (including phenoxy) is 2. The Labute approximate surface area is 175 Å². The van der Waals surface area contributed by atoms with Crippen LogP contribution in [0.15, 0.2) is 59.5 Å². The van der Waals surface area contributed by atoms with Crippen LogP contribution in [-0.2, 0) is 4.79 Å². The van der Waals surface area contributed by atoms with E-state index < -0.39 is 5.97 Å². The van der Waals surface area contributed by atoms with E-state index in [2.05, 4.69) is 44.2 Å². The summed E-state index contributed by atoms with van der Waals surface area (Å²) >= 11 is 1.76. The van der Waals surface area contributed by atoms with Crippen LogP contribution in [-0.4, -0.2) is 29.5 Å². The van der Waals surface area contributed by atoms with Gasteiger partial charge in [0.1, 0.15) is 11.5 Å². The molecule has 0 saturated heterocycles. The number of rotatable bonds is 9. The first-order valence-electron chi connectivity index (χ1n) is 9.66. The number of fused-ring (bicyclic) bond motifs is 1. The van der Waals surface area contributed by atoms with Gasteiger partial charge in [-0.2, -0.15) is 0 Å². The summed E-state index contributed by atoms with van der Waals surface area (Å²) in [5.74, 6) is 1.51. The van der Waals surface area contributed by atoms with Crippen LogP contribution in [0.5, 0.6) is 11.5 Å². The van der Waals surface area contributed by atoms with Crippen molar-refractivity contribution in [1.29, 1.82) is 0 Å². The van der Waals surface area contributed by atoms with Crippen molar-refractivity contribution in [3.63, 3.8) is 0 Å². The van der Waals surface area contributed by atoms with Gasteiger partial charge >= 0.3 is 5.97 Å². The van der Waals surface area contributed by atoms with Gasteiger partial charge in [-0.15, -0.1) is 11.8 Å². The fourth-order valence-corrected chi connectivity index (χ4v) is 4.20. The Kier molecular flexibility index (Phi) is 7.04. The van der Waals surface area contributed by atoms with E-state index in [0.717, 1.165) is 33.9 Å². The highest BCUT2D eigenvalue weighted by molar-refractivity contribution is 7.99. The summed E-state index contributed by atoms with van der Waals surface area (Å²) in [6.07, 6.45) is 1.04. The Morgan fingerprint density at radius 1 is 1.00 bits per heavy atom. The molecule has 0 fully saturated rings. The third-order valence-electron chi connectivity index (χ3n) is 4.66.